The second-order valence-electron chi connectivity index (χ2n) is 5.20. The molecule has 116 valence electrons. The molecule has 0 unspecified atom stereocenters. The van der Waals surface area contributed by atoms with Gasteiger partial charge in [0.2, 0.25) is 0 Å². The van der Waals surface area contributed by atoms with Crippen LogP contribution in [-0.4, -0.2) is 48.1 Å². The third-order valence-corrected chi connectivity index (χ3v) is 7.22. The molecule has 0 aromatic rings. The number of hydrogen-bond donors (Lipinski definition) is 1. The van der Waals surface area contributed by atoms with Gasteiger partial charge in [0, 0.05) is 32.0 Å². The van der Waals surface area contributed by atoms with Crippen LogP contribution < -0.4 is 0 Å². The zero-order valence-corrected chi connectivity index (χ0v) is 15.2. The van der Waals surface area contributed by atoms with Gasteiger partial charge in [-0.15, -0.1) is 0 Å². The Hall–Kier alpha value is 0.194. The summed E-state index contributed by atoms with van der Waals surface area (Å²) in [6, 6.07) is 0. The van der Waals surface area contributed by atoms with Gasteiger partial charge in [-0.25, -0.2) is 0 Å². The summed E-state index contributed by atoms with van der Waals surface area (Å²) in [7, 11) is -5.33. The molecule has 6 nitrogen and oxygen atoms in total. The SMILES string of the molecule is CO[Si](OC(C)C)(OC(C)C)O[Si@@](C)(O)OC(C)C. The van der Waals surface area contributed by atoms with Crippen molar-refractivity contribution >= 4 is 17.9 Å². The van der Waals surface area contributed by atoms with Gasteiger partial charge in [0.05, 0.1) is 0 Å². The summed E-state index contributed by atoms with van der Waals surface area (Å²) >= 11 is 0. The van der Waals surface area contributed by atoms with Crippen LogP contribution in [0.2, 0.25) is 6.55 Å². The summed E-state index contributed by atoms with van der Waals surface area (Å²) in [4.78, 5) is 10.3. The Labute approximate surface area is 118 Å². The van der Waals surface area contributed by atoms with Crippen molar-refractivity contribution in [2.24, 2.45) is 0 Å². The number of hydrogen-bond acceptors (Lipinski definition) is 6. The van der Waals surface area contributed by atoms with E-state index in [9.17, 15) is 4.80 Å². The second-order valence-corrected chi connectivity index (χ2v) is 9.93. The molecule has 1 atom stereocenters. The van der Waals surface area contributed by atoms with Crippen LogP contribution in [0.25, 0.3) is 0 Å². The minimum absolute atomic E-state index is 0.144. The first-order valence-electron chi connectivity index (χ1n) is 6.53. The Balaban J connectivity index is 5.00. The van der Waals surface area contributed by atoms with Gasteiger partial charge >= 0.3 is 17.9 Å². The van der Waals surface area contributed by atoms with Crippen molar-refractivity contribution < 1.29 is 26.6 Å². The molecule has 1 N–H and O–H groups in total. The lowest BCUT2D eigenvalue weighted by Gasteiger charge is -2.34. The maximum atomic E-state index is 10.3. The Morgan fingerprint density at radius 2 is 1.16 bits per heavy atom. The zero-order valence-electron chi connectivity index (χ0n) is 13.2. The van der Waals surface area contributed by atoms with Gasteiger partial charge in [-0.1, -0.05) is 0 Å². The normalized spacial score (nSPS) is 16.4. The van der Waals surface area contributed by atoms with Crippen molar-refractivity contribution in [3.63, 3.8) is 0 Å². The Bertz CT molecular complexity index is 248. The molecule has 0 saturated heterocycles. The molecule has 0 aromatic heterocycles. The van der Waals surface area contributed by atoms with E-state index in [1.807, 2.05) is 41.5 Å². The van der Waals surface area contributed by atoms with Crippen LogP contribution in [0.5, 0.6) is 0 Å². The molecule has 0 aliphatic heterocycles. The molecule has 0 saturated carbocycles. The summed E-state index contributed by atoms with van der Waals surface area (Å²) in [5.41, 5.74) is 0. The van der Waals surface area contributed by atoms with Crippen LogP contribution in [0.3, 0.4) is 0 Å². The highest BCUT2D eigenvalue weighted by molar-refractivity contribution is 6.70. The van der Waals surface area contributed by atoms with E-state index in [1.54, 1.807) is 0 Å². The summed E-state index contributed by atoms with van der Waals surface area (Å²) in [6.07, 6.45) is -0.438. The summed E-state index contributed by atoms with van der Waals surface area (Å²) in [5, 5.41) is 0. The van der Waals surface area contributed by atoms with E-state index in [0.29, 0.717) is 0 Å². The average molecular weight is 313 g/mol. The molecule has 0 aliphatic rings. The van der Waals surface area contributed by atoms with Crippen LogP contribution in [0.15, 0.2) is 0 Å². The molecule has 0 spiro atoms. The third-order valence-electron chi connectivity index (χ3n) is 1.78. The standard InChI is InChI=1S/C11H28O6Si2/c1-9(2)14-18(8,12)17-19(13-7,15-10(3)4)16-11(5)6/h9-12H,1-8H3/t18-/m0/s1. The van der Waals surface area contributed by atoms with E-state index in [0.717, 1.165) is 0 Å². The Kier molecular flexibility index (Phi) is 7.92. The molecule has 0 aliphatic carbocycles. The van der Waals surface area contributed by atoms with Crippen LogP contribution >= 0.6 is 0 Å². The van der Waals surface area contributed by atoms with E-state index >= 15 is 0 Å². The lowest BCUT2D eigenvalue weighted by molar-refractivity contribution is -0.0423. The fourth-order valence-corrected chi connectivity index (χ4v) is 6.53. The summed E-state index contributed by atoms with van der Waals surface area (Å²) in [6.45, 7) is 12.6. The summed E-state index contributed by atoms with van der Waals surface area (Å²) < 4.78 is 27.8. The molecule has 19 heavy (non-hydrogen) atoms. The smallest absolute Gasteiger partial charge is 0.390 e. The zero-order chi connectivity index (χ0) is 15.3. The monoisotopic (exact) mass is 312 g/mol. The lowest BCUT2D eigenvalue weighted by atomic mass is 10.5. The first-order valence-corrected chi connectivity index (χ1v) is 10.4. The molecule has 0 fully saturated rings. The molecule has 0 bridgehead atoms. The predicted molar refractivity (Wildman–Crippen MR) is 76.3 cm³/mol. The quantitative estimate of drug-likeness (QED) is 0.656. The molecule has 8 heteroatoms. The van der Waals surface area contributed by atoms with Crippen LogP contribution in [0.1, 0.15) is 41.5 Å². The van der Waals surface area contributed by atoms with Gasteiger partial charge in [-0.05, 0) is 41.5 Å². The van der Waals surface area contributed by atoms with Gasteiger partial charge in [-0.2, -0.15) is 0 Å². The molecular weight excluding hydrogens is 284 g/mol. The fourth-order valence-electron chi connectivity index (χ4n) is 1.48. The predicted octanol–water partition coefficient (Wildman–Crippen LogP) is 1.92. The van der Waals surface area contributed by atoms with E-state index in [-0.39, 0.29) is 18.3 Å². The minimum atomic E-state index is -3.41. The van der Waals surface area contributed by atoms with Crippen molar-refractivity contribution in [3.8, 4) is 0 Å². The molecule has 0 heterocycles. The molecule has 0 rings (SSSR count). The summed E-state index contributed by atoms with van der Waals surface area (Å²) in [5.74, 6) is 0. The lowest BCUT2D eigenvalue weighted by Crippen LogP contribution is -2.59. The van der Waals surface area contributed by atoms with E-state index in [2.05, 4.69) is 0 Å². The fraction of sp³-hybridized carbons (Fsp3) is 1.00. The van der Waals surface area contributed by atoms with Gasteiger partial charge in [0.25, 0.3) is 0 Å². The van der Waals surface area contributed by atoms with Gasteiger partial charge in [0.1, 0.15) is 0 Å². The first kappa shape index (κ1) is 19.2. The van der Waals surface area contributed by atoms with Crippen LogP contribution in [0.4, 0.5) is 0 Å². The second kappa shape index (κ2) is 7.84. The van der Waals surface area contributed by atoms with Crippen molar-refractivity contribution in [2.75, 3.05) is 7.11 Å². The van der Waals surface area contributed by atoms with E-state index in [4.69, 9.17) is 21.8 Å². The van der Waals surface area contributed by atoms with Crippen molar-refractivity contribution in [1.82, 2.24) is 0 Å². The highest BCUT2D eigenvalue weighted by atomic mass is 28.5. The highest BCUT2D eigenvalue weighted by Crippen LogP contribution is 2.21. The van der Waals surface area contributed by atoms with E-state index < -0.39 is 17.9 Å². The molecular formula is C11H28O6Si2. The Morgan fingerprint density at radius 1 is 0.789 bits per heavy atom. The molecule has 0 amide bonds. The maximum absolute atomic E-state index is 10.3. The highest BCUT2D eigenvalue weighted by Gasteiger charge is 2.54. The van der Waals surface area contributed by atoms with Crippen molar-refractivity contribution in [2.45, 2.75) is 66.4 Å². The largest absolute Gasteiger partial charge is 0.672 e. The van der Waals surface area contributed by atoms with Gasteiger partial charge in [0.15, 0.2) is 0 Å². The maximum Gasteiger partial charge on any atom is 0.672 e. The molecule has 0 radical (unpaired) electrons. The number of rotatable bonds is 9. The Morgan fingerprint density at radius 3 is 1.42 bits per heavy atom. The van der Waals surface area contributed by atoms with Crippen molar-refractivity contribution in [1.29, 1.82) is 0 Å². The first-order chi connectivity index (χ1) is 8.52. The van der Waals surface area contributed by atoms with Crippen LogP contribution in [-0.2, 0) is 21.8 Å². The van der Waals surface area contributed by atoms with Gasteiger partial charge in [-0.3, -0.25) is 0 Å². The topological polar surface area (TPSA) is 66.4 Å². The average Bonchev–Trinajstić information content (AvgIpc) is 2.11. The van der Waals surface area contributed by atoms with Crippen LogP contribution in [0, 0.1) is 0 Å². The minimum Gasteiger partial charge on any atom is -0.390 e. The van der Waals surface area contributed by atoms with E-state index in [1.165, 1.54) is 13.7 Å². The van der Waals surface area contributed by atoms with Crippen molar-refractivity contribution in [3.05, 3.63) is 0 Å². The van der Waals surface area contributed by atoms with Gasteiger partial charge < -0.3 is 26.6 Å². The molecule has 0 aromatic carbocycles. The third kappa shape index (κ3) is 8.15.